The van der Waals surface area contributed by atoms with Crippen LogP contribution in [0.4, 0.5) is 0 Å². The second kappa shape index (κ2) is 4.30. The maximum atomic E-state index is 2.32. The normalized spacial score (nSPS) is 11.3. The summed E-state index contributed by atoms with van der Waals surface area (Å²) >= 11 is 0. The minimum absolute atomic E-state index is 0.445. The summed E-state index contributed by atoms with van der Waals surface area (Å²) in [5.41, 5.74) is 2.47. The van der Waals surface area contributed by atoms with Gasteiger partial charge in [-0.1, -0.05) is 24.3 Å². The van der Waals surface area contributed by atoms with E-state index >= 15 is 0 Å². The van der Waals surface area contributed by atoms with E-state index in [-0.39, 0.29) is 0 Å². The number of pyridine rings is 1. The first-order valence-corrected chi connectivity index (χ1v) is 6.34. The van der Waals surface area contributed by atoms with Crippen LogP contribution in [0.25, 0.3) is 16.9 Å². The molecule has 0 aliphatic rings. The molecule has 0 N–H and O–H groups in total. The zero-order valence-electron chi connectivity index (χ0n) is 10.7. The molecule has 18 heavy (non-hydrogen) atoms. The highest BCUT2D eigenvalue weighted by Gasteiger charge is 2.21. The topological polar surface area (TPSA) is 8.29 Å². The number of aromatic nitrogens is 2. The predicted octanol–water partition coefficient (Wildman–Crippen LogP) is 3.47. The fourth-order valence-electron chi connectivity index (χ4n) is 2.35. The monoisotopic (exact) mass is 237 g/mol. The molecular weight excluding hydrogens is 220 g/mol. The third kappa shape index (κ3) is 1.70. The molecule has 0 atom stereocenters. The molecule has 2 heterocycles. The standard InChI is InChI=1S/C16H17N2/c1-13(2)18-12-15-10-6-7-11-17(15)16(18)14-8-4-3-5-9-14/h3-13H,1-2H3/q+1. The summed E-state index contributed by atoms with van der Waals surface area (Å²) in [5, 5.41) is 0. The van der Waals surface area contributed by atoms with Gasteiger partial charge in [0.15, 0.2) is 5.52 Å². The summed E-state index contributed by atoms with van der Waals surface area (Å²) in [6.45, 7) is 4.43. The van der Waals surface area contributed by atoms with Crippen molar-refractivity contribution in [2.45, 2.75) is 19.9 Å². The summed E-state index contributed by atoms with van der Waals surface area (Å²) in [5.74, 6) is 1.24. The lowest BCUT2D eigenvalue weighted by Gasteiger charge is -2.04. The van der Waals surface area contributed by atoms with E-state index in [4.69, 9.17) is 0 Å². The van der Waals surface area contributed by atoms with Crippen LogP contribution >= 0.6 is 0 Å². The molecule has 0 aliphatic carbocycles. The highest BCUT2D eigenvalue weighted by atomic mass is 15.1. The van der Waals surface area contributed by atoms with Gasteiger partial charge in [0.2, 0.25) is 0 Å². The number of nitrogens with zero attached hydrogens (tertiary/aromatic N) is 2. The number of benzene rings is 1. The molecular formula is C16H17N2+. The van der Waals surface area contributed by atoms with Crippen molar-refractivity contribution in [1.29, 1.82) is 0 Å². The molecule has 0 aliphatic heterocycles. The Morgan fingerprint density at radius 1 is 0.944 bits per heavy atom. The first-order chi connectivity index (χ1) is 8.77. The van der Waals surface area contributed by atoms with E-state index in [9.17, 15) is 0 Å². The largest absolute Gasteiger partial charge is 0.294 e. The van der Waals surface area contributed by atoms with Gasteiger partial charge in [-0.15, -0.1) is 0 Å². The van der Waals surface area contributed by atoms with E-state index in [1.165, 1.54) is 16.9 Å². The Labute approximate surface area is 107 Å². The fraction of sp³-hybridized carbons (Fsp3) is 0.188. The van der Waals surface area contributed by atoms with Gasteiger partial charge in [0, 0.05) is 0 Å². The average molecular weight is 237 g/mol. The van der Waals surface area contributed by atoms with E-state index < -0.39 is 0 Å². The van der Waals surface area contributed by atoms with Crippen molar-refractivity contribution in [3.8, 4) is 11.4 Å². The molecule has 3 aromatic rings. The lowest BCUT2D eigenvalue weighted by atomic mass is 10.2. The molecule has 0 radical (unpaired) electrons. The summed E-state index contributed by atoms with van der Waals surface area (Å²) in [4.78, 5) is 0. The fourth-order valence-corrected chi connectivity index (χ4v) is 2.35. The van der Waals surface area contributed by atoms with Crippen LogP contribution in [0.3, 0.4) is 0 Å². The average Bonchev–Trinajstić information content (AvgIpc) is 2.79. The Bertz CT molecular complexity index is 666. The van der Waals surface area contributed by atoms with Crippen LogP contribution in [0.2, 0.25) is 0 Å². The van der Waals surface area contributed by atoms with Crippen molar-refractivity contribution >= 4 is 5.52 Å². The number of rotatable bonds is 2. The van der Waals surface area contributed by atoms with Gasteiger partial charge < -0.3 is 0 Å². The van der Waals surface area contributed by atoms with E-state index in [0.717, 1.165) is 0 Å². The zero-order chi connectivity index (χ0) is 12.5. The van der Waals surface area contributed by atoms with Crippen molar-refractivity contribution in [2.24, 2.45) is 0 Å². The molecule has 3 rings (SSSR count). The van der Waals surface area contributed by atoms with Gasteiger partial charge in [0.05, 0.1) is 17.8 Å². The maximum Gasteiger partial charge on any atom is 0.294 e. The van der Waals surface area contributed by atoms with Gasteiger partial charge >= 0.3 is 0 Å². The van der Waals surface area contributed by atoms with E-state index in [2.05, 4.69) is 83.7 Å². The van der Waals surface area contributed by atoms with Crippen LogP contribution in [-0.2, 0) is 0 Å². The number of fused-ring (bicyclic) bond motifs is 1. The molecule has 0 bridgehead atoms. The zero-order valence-corrected chi connectivity index (χ0v) is 10.7. The Morgan fingerprint density at radius 3 is 2.39 bits per heavy atom. The lowest BCUT2D eigenvalue weighted by Crippen LogP contribution is -2.36. The molecule has 0 saturated heterocycles. The maximum absolute atomic E-state index is 2.32. The van der Waals surface area contributed by atoms with Crippen LogP contribution in [0.1, 0.15) is 19.9 Å². The second-order valence-electron chi connectivity index (χ2n) is 4.82. The van der Waals surface area contributed by atoms with E-state index in [1.54, 1.807) is 0 Å². The van der Waals surface area contributed by atoms with Crippen molar-refractivity contribution in [3.05, 3.63) is 60.9 Å². The molecule has 1 aromatic carbocycles. The van der Waals surface area contributed by atoms with Crippen LogP contribution in [-0.4, -0.2) is 4.40 Å². The Morgan fingerprint density at radius 2 is 1.67 bits per heavy atom. The van der Waals surface area contributed by atoms with Crippen molar-refractivity contribution in [2.75, 3.05) is 0 Å². The molecule has 0 spiro atoms. The molecule has 2 aromatic heterocycles. The van der Waals surface area contributed by atoms with E-state index in [0.29, 0.717) is 6.04 Å². The predicted molar refractivity (Wildman–Crippen MR) is 73.4 cm³/mol. The van der Waals surface area contributed by atoms with Gasteiger partial charge in [0.25, 0.3) is 5.82 Å². The summed E-state index contributed by atoms with van der Waals surface area (Å²) in [6.07, 6.45) is 4.34. The van der Waals surface area contributed by atoms with Crippen LogP contribution in [0.5, 0.6) is 0 Å². The molecule has 0 saturated carbocycles. The van der Waals surface area contributed by atoms with E-state index in [1.807, 2.05) is 0 Å². The summed E-state index contributed by atoms with van der Waals surface area (Å²) < 4.78 is 4.57. The SMILES string of the molecule is CC(C)[n+]1cc2ccccn2c1-c1ccccc1. The first kappa shape index (κ1) is 11.0. The molecule has 0 amide bonds. The highest BCUT2D eigenvalue weighted by Crippen LogP contribution is 2.19. The summed E-state index contributed by atoms with van der Waals surface area (Å²) in [6, 6.07) is 17.3. The Balaban J connectivity index is 2.35. The smallest absolute Gasteiger partial charge is 0.227 e. The quantitative estimate of drug-likeness (QED) is 0.603. The Kier molecular flexibility index (Phi) is 2.63. The van der Waals surface area contributed by atoms with Crippen molar-refractivity contribution < 1.29 is 4.57 Å². The van der Waals surface area contributed by atoms with Gasteiger partial charge in [0.1, 0.15) is 6.20 Å². The van der Waals surface area contributed by atoms with Crippen molar-refractivity contribution in [3.63, 3.8) is 0 Å². The highest BCUT2D eigenvalue weighted by molar-refractivity contribution is 5.58. The lowest BCUT2D eigenvalue weighted by molar-refractivity contribution is -0.704. The van der Waals surface area contributed by atoms with Crippen LogP contribution < -0.4 is 4.57 Å². The molecule has 90 valence electrons. The molecule has 0 fully saturated rings. The molecule has 0 unspecified atom stereocenters. The minimum atomic E-state index is 0.445. The van der Waals surface area contributed by atoms with Crippen molar-refractivity contribution in [1.82, 2.24) is 4.40 Å². The third-order valence-corrected chi connectivity index (χ3v) is 3.22. The number of hydrogen-bond acceptors (Lipinski definition) is 0. The number of imidazole rings is 1. The van der Waals surface area contributed by atoms with Crippen LogP contribution in [0.15, 0.2) is 60.9 Å². The third-order valence-electron chi connectivity index (χ3n) is 3.22. The number of hydrogen-bond donors (Lipinski definition) is 0. The van der Waals surface area contributed by atoms with Gasteiger partial charge in [-0.3, -0.25) is 0 Å². The van der Waals surface area contributed by atoms with Gasteiger partial charge in [-0.05, 0) is 38.1 Å². The van der Waals surface area contributed by atoms with Gasteiger partial charge in [-0.2, -0.15) is 4.40 Å². The second-order valence-corrected chi connectivity index (χ2v) is 4.82. The minimum Gasteiger partial charge on any atom is -0.227 e. The van der Waals surface area contributed by atoms with Gasteiger partial charge in [-0.25, -0.2) is 4.57 Å². The molecule has 2 heteroatoms. The Hall–Kier alpha value is -2.09. The summed E-state index contributed by atoms with van der Waals surface area (Å²) in [7, 11) is 0. The molecule has 2 nitrogen and oxygen atoms in total. The first-order valence-electron chi connectivity index (χ1n) is 6.34. The van der Waals surface area contributed by atoms with Crippen LogP contribution in [0, 0.1) is 0 Å².